The van der Waals surface area contributed by atoms with Gasteiger partial charge in [-0.25, -0.2) is 4.39 Å². The van der Waals surface area contributed by atoms with E-state index in [1.54, 1.807) is 0 Å². The van der Waals surface area contributed by atoms with Gasteiger partial charge in [0.2, 0.25) is 0 Å². The summed E-state index contributed by atoms with van der Waals surface area (Å²) in [4.78, 5) is 11.0. The van der Waals surface area contributed by atoms with Crippen molar-refractivity contribution in [2.24, 2.45) is 5.73 Å². The van der Waals surface area contributed by atoms with Crippen LogP contribution in [0.15, 0.2) is 12.1 Å². The predicted octanol–water partition coefficient (Wildman–Crippen LogP) is 2.70. The summed E-state index contributed by atoms with van der Waals surface area (Å²) in [6.45, 7) is 0. The van der Waals surface area contributed by atoms with E-state index in [1.165, 1.54) is 19.2 Å². The lowest BCUT2D eigenvalue weighted by Crippen LogP contribution is -2.18. The number of halogens is 3. The molecule has 88 valence electrons. The molecule has 0 aromatic heterocycles. The highest BCUT2D eigenvalue weighted by Crippen LogP contribution is 2.30. The SMILES string of the molecule is COC(=O)C[C@@H](N)c1c(Cl)ccc(Cl)c1F. The quantitative estimate of drug-likeness (QED) is 0.676. The first-order valence-corrected chi connectivity index (χ1v) is 5.18. The van der Waals surface area contributed by atoms with Crippen molar-refractivity contribution in [3.8, 4) is 0 Å². The van der Waals surface area contributed by atoms with Crippen molar-refractivity contribution >= 4 is 29.2 Å². The molecular weight excluding hydrogens is 256 g/mol. The molecule has 0 heterocycles. The van der Waals surface area contributed by atoms with Gasteiger partial charge in [-0.15, -0.1) is 0 Å². The number of esters is 1. The van der Waals surface area contributed by atoms with E-state index in [0.29, 0.717) is 0 Å². The van der Waals surface area contributed by atoms with E-state index in [9.17, 15) is 9.18 Å². The minimum atomic E-state index is -0.876. The van der Waals surface area contributed by atoms with Crippen LogP contribution in [-0.4, -0.2) is 13.1 Å². The fraction of sp³-hybridized carbons (Fsp3) is 0.300. The van der Waals surface area contributed by atoms with Crippen LogP contribution in [0, 0.1) is 5.82 Å². The zero-order chi connectivity index (χ0) is 12.3. The summed E-state index contributed by atoms with van der Waals surface area (Å²) in [7, 11) is 1.23. The van der Waals surface area contributed by atoms with Crippen LogP contribution in [0.1, 0.15) is 18.0 Å². The highest BCUT2D eigenvalue weighted by molar-refractivity contribution is 6.33. The zero-order valence-electron chi connectivity index (χ0n) is 8.47. The minimum absolute atomic E-state index is 0.0274. The second-order valence-corrected chi connectivity index (χ2v) is 3.96. The van der Waals surface area contributed by atoms with Crippen LogP contribution in [0.3, 0.4) is 0 Å². The molecule has 0 aliphatic rings. The van der Waals surface area contributed by atoms with Crippen molar-refractivity contribution in [2.75, 3.05) is 7.11 Å². The largest absolute Gasteiger partial charge is 0.469 e. The average molecular weight is 266 g/mol. The highest BCUT2D eigenvalue weighted by atomic mass is 35.5. The van der Waals surface area contributed by atoms with Crippen LogP contribution in [0.5, 0.6) is 0 Å². The van der Waals surface area contributed by atoms with Gasteiger partial charge in [0, 0.05) is 16.6 Å². The fourth-order valence-corrected chi connectivity index (χ4v) is 1.70. The molecule has 0 bridgehead atoms. The molecule has 1 aromatic rings. The first-order valence-electron chi connectivity index (χ1n) is 4.43. The van der Waals surface area contributed by atoms with Crippen LogP contribution in [0.2, 0.25) is 10.0 Å². The highest BCUT2D eigenvalue weighted by Gasteiger charge is 2.20. The van der Waals surface area contributed by atoms with E-state index in [4.69, 9.17) is 28.9 Å². The summed E-state index contributed by atoms with van der Waals surface area (Å²) >= 11 is 11.4. The van der Waals surface area contributed by atoms with Gasteiger partial charge in [0.25, 0.3) is 0 Å². The Bertz CT molecular complexity index is 412. The van der Waals surface area contributed by atoms with Crippen LogP contribution in [-0.2, 0) is 9.53 Å². The standard InChI is InChI=1S/C10H10Cl2FNO2/c1-16-8(15)4-7(14)9-5(11)2-3-6(12)10(9)13/h2-3,7H,4,14H2,1H3/t7-/m1/s1. The molecule has 0 fully saturated rings. The third kappa shape index (κ3) is 2.84. The summed E-state index contributed by atoms with van der Waals surface area (Å²) < 4.78 is 18.1. The van der Waals surface area contributed by atoms with Crippen molar-refractivity contribution in [1.29, 1.82) is 0 Å². The molecule has 1 atom stereocenters. The van der Waals surface area contributed by atoms with Gasteiger partial charge in [-0.1, -0.05) is 23.2 Å². The molecule has 6 heteroatoms. The van der Waals surface area contributed by atoms with E-state index < -0.39 is 17.8 Å². The lowest BCUT2D eigenvalue weighted by molar-refractivity contribution is -0.141. The maximum absolute atomic E-state index is 13.6. The minimum Gasteiger partial charge on any atom is -0.469 e. The van der Waals surface area contributed by atoms with Crippen LogP contribution >= 0.6 is 23.2 Å². The van der Waals surface area contributed by atoms with E-state index in [-0.39, 0.29) is 22.0 Å². The molecule has 16 heavy (non-hydrogen) atoms. The number of rotatable bonds is 3. The third-order valence-corrected chi connectivity index (χ3v) is 2.69. The number of carbonyl (C=O) groups is 1. The Morgan fingerprint density at radius 2 is 2.06 bits per heavy atom. The Labute approximate surface area is 102 Å². The first-order chi connectivity index (χ1) is 7.47. The van der Waals surface area contributed by atoms with Crippen LogP contribution in [0.25, 0.3) is 0 Å². The second kappa shape index (κ2) is 5.48. The molecule has 0 saturated carbocycles. The summed E-state index contributed by atoms with van der Waals surface area (Å²) in [5, 5.41) is 0.0537. The molecule has 0 radical (unpaired) electrons. The molecule has 1 rings (SSSR count). The molecule has 1 aromatic carbocycles. The Morgan fingerprint density at radius 3 is 2.62 bits per heavy atom. The van der Waals surface area contributed by atoms with Gasteiger partial charge >= 0.3 is 5.97 Å². The summed E-state index contributed by atoms with van der Waals surface area (Å²) in [6, 6.07) is 1.88. The monoisotopic (exact) mass is 265 g/mol. The van der Waals surface area contributed by atoms with Gasteiger partial charge in [0.1, 0.15) is 5.82 Å². The van der Waals surface area contributed by atoms with E-state index in [2.05, 4.69) is 4.74 Å². The van der Waals surface area contributed by atoms with E-state index in [0.717, 1.165) is 0 Å². The molecular formula is C10H10Cl2FNO2. The number of carbonyl (C=O) groups excluding carboxylic acids is 1. The molecule has 0 unspecified atom stereocenters. The van der Waals surface area contributed by atoms with Gasteiger partial charge in [0.05, 0.1) is 18.6 Å². The topological polar surface area (TPSA) is 52.3 Å². The molecule has 0 spiro atoms. The number of methoxy groups -OCH3 is 1. The van der Waals surface area contributed by atoms with Crippen LogP contribution in [0.4, 0.5) is 4.39 Å². The molecule has 0 saturated heterocycles. The second-order valence-electron chi connectivity index (χ2n) is 3.14. The number of benzene rings is 1. The van der Waals surface area contributed by atoms with Crippen molar-refractivity contribution in [1.82, 2.24) is 0 Å². The van der Waals surface area contributed by atoms with Gasteiger partial charge in [-0.05, 0) is 12.1 Å². The molecule has 3 nitrogen and oxygen atoms in total. The predicted molar refractivity (Wildman–Crippen MR) is 60.0 cm³/mol. The maximum atomic E-state index is 13.6. The van der Waals surface area contributed by atoms with E-state index >= 15 is 0 Å². The third-order valence-electron chi connectivity index (χ3n) is 2.06. The average Bonchev–Trinajstić information content (AvgIpc) is 2.24. The van der Waals surface area contributed by atoms with Gasteiger partial charge in [-0.3, -0.25) is 4.79 Å². The Hall–Kier alpha value is -0.840. The number of hydrogen-bond donors (Lipinski definition) is 1. The van der Waals surface area contributed by atoms with Crippen molar-refractivity contribution < 1.29 is 13.9 Å². The maximum Gasteiger partial charge on any atom is 0.307 e. The van der Waals surface area contributed by atoms with Crippen molar-refractivity contribution in [3.63, 3.8) is 0 Å². The number of ether oxygens (including phenoxy) is 1. The first kappa shape index (κ1) is 13.2. The lowest BCUT2D eigenvalue weighted by Gasteiger charge is -2.14. The van der Waals surface area contributed by atoms with Crippen molar-refractivity contribution in [3.05, 3.63) is 33.6 Å². The summed E-state index contributed by atoms with van der Waals surface area (Å²) in [5.74, 6) is -1.24. The molecule has 0 amide bonds. The smallest absolute Gasteiger partial charge is 0.307 e. The summed E-state index contributed by atoms with van der Waals surface area (Å²) in [5.41, 5.74) is 5.69. The fourth-order valence-electron chi connectivity index (χ4n) is 1.25. The van der Waals surface area contributed by atoms with Gasteiger partial charge < -0.3 is 10.5 Å². The molecule has 0 aliphatic carbocycles. The lowest BCUT2D eigenvalue weighted by atomic mass is 10.0. The summed E-state index contributed by atoms with van der Waals surface area (Å²) in [6.07, 6.45) is -0.159. The normalized spacial score (nSPS) is 12.3. The number of hydrogen-bond acceptors (Lipinski definition) is 3. The van der Waals surface area contributed by atoms with Gasteiger partial charge in [0.15, 0.2) is 0 Å². The Morgan fingerprint density at radius 1 is 1.50 bits per heavy atom. The van der Waals surface area contributed by atoms with Crippen molar-refractivity contribution in [2.45, 2.75) is 12.5 Å². The molecule has 2 N–H and O–H groups in total. The molecule has 0 aliphatic heterocycles. The Balaban J connectivity index is 3.03. The van der Waals surface area contributed by atoms with Crippen LogP contribution < -0.4 is 5.73 Å². The Kier molecular flexibility index (Phi) is 4.53. The number of nitrogens with two attached hydrogens (primary N) is 1. The zero-order valence-corrected chi connectivity index (χ0v) is 9.98. The van der Waals surface area contributed by atoms with Gasteiger partial charge in [-0.2, -0.15) is 0 Å². The van der Waals surface area contributed by atoms with E-state index in [1.807, 2.05) is 0 Å².